The van der Waals surface area contributed by atoms with Crippen molar-refractivity contribution in [3.63, 3.8) is 0 Å². The molecule has 0 spiro atoms. The van der Waals surface area contributed by atoms with Gasteiger partial charge in [-0.05, 0) is 38.0 Å². The second-order valence-corrected chi connectivity index (χ2v) is 5.41. The average molecular weight is 319 g/mol. The SMILES string of the molecule is C[C@H](OC(=O)[C@@H]1CCCO1)C(=O)Nc1ccc2[nH]c(=O)[nH]c2c1. The first-order valence-corrected chi connectivity index (χ1v) is 7.38. The van der Waals surface area contributed by atoms with Crippen molar-refractivity contribution in [3.8, 4) is 0 Å². The minimum Gasteiger partial charge on any atom is -0.451 e. The van der Waals surface area contributed by atoms with Crippen LogP contribution in [0.15, 0.2) is 23.0 Å². The average Bonchev–Trinajstić information content (AvgIpc) is 3.14. The highest BCUT2D eigenvalue weighted by Gasteiger charge is 2.28. The highest BCUT2D eigenvalue weighted by Crippen LogP contribution is 2.16. The van der Waals surface area contributed by atoms with Gasteiger partial charge in [-0.3, -0.25) is 4.79 Å². The van der Waals surface area contributed by atoms with Crippen molar-refractivity contribution in [1.82, 2.24) is 9.97 Å². The highest BCUT2D eigenvalue weighted by atomic mass is 16.6. The third kappa shape index (κ3) is 3.42. The summed E-state index contributed by atoms with van der Waals surface area (Å²) < 4.78 is 10.3. The molecule has 0 unspecified atom stereocenters. The van der Waals surface area contributed by atoms with Crippen LogP contribution in [0.5, 0.6) is 0 Å². The van der Waals surface area contributed by atoms with Crippen molar-refractivity contribution in [1.29, 1.82) is 0 Å². The number of ether oxygens (including phenoxy) is 2. The van der Waals surface area contributed by atoms with E-state index < -0.39 is 24.1 Å². The number of amides is 1. The molecule has 1 aromatic heterocycles. The van der Waals surface area contributed by atoms with Gasteiger partial charge < -0.3 is 24.8 Å². The monoisotopic (exact) mass is 319 g/mol. The summed E-state index contributed by atoms with van der Waals surface area (Å²) in [6.07, 6.45) is -0.0842. The van der Waals surface area contributed by atoms with Crippen LogP contribution in [0.25, 0.3) is 11.0 Å². The second-order valence-electron chi connectivity index (χ2n) is 5.41. The number of H-pyrrole nitrogens is 2. The van der Waals surface area contributed by atoms with Crippen molar-refractivity contribution in [3.05, 3.63) is 28.7 Å². The Kier molecular flexibility index (Phi) is 4.16. The van der Waals surface area contributed by atoms with Crippen LogP contribution in [-0.4, -0.2) is 40.7 Å². The van der Waals surface area contributed by atoms with Crippen LogP contribution >= 0.6 is 0 Å². The van der Waals surface area contributed by atoms with Crippen molar-refractivity contribution in [2.45, 2.75) is 32.0 Å². The van der Waals surface area contributed by atoms with Gasteiger partial charge in [-0.25, -0.2) is 9.59 Å². The number of carbonyl (C=O) groups excluding carboxylic acids is 2. The van der Waals surface area contributed by atoms with E-state index in [0.29, 0.717) is 29.7 Å². The van der Waals surface area contributed by atoms with Crippen molar-refractivity contribution in [2.24, 2.45) is 0 Å². The summed E-state index contributed by atoms with van der Waals surface area (Å²) in [5, 5.41) is 2.65. The molecule has 0 aliphatic carbocycles. The quantitative estimate of drug-likeness (QED) is 0.725. The minimum atomic E-state index is -0.937. The molecule has 122 valence electrons. The fourth-order valence-corrected chi connectivity index (χ4v) is 2.42. The summed E-state index contributed by atoms with van der Waals surface area (Å²) in [5.41, 5.74) is 1.41. The summed E-state index contributed by atoms with van der Waals surface area (Å²) in [5.74, 6) is -0.968. The van der Waals surface area contributed by atoms with Crippen molar-refractivity contribution < 1.29 is 19.1 Å². The van der Waals surface area contributed by atoms with Gasteiger partial charge in [-0.1, -0.05) is 0 Å². The molecule has 2 aromatic rings. The van der Waals surface area contributed by atoms with Crippen LogP contribution in [0.3, 0.4) is 0 Å². The van der Waals surface area contributed by atoms with E-state index in [4.69, 9.17) is 9.47 Å². The molecule has 0 bridgehead atoms. The largest absolute Gasteiger partial charge is 0.451 e. The number of benzene rings is 1. The number of anilines is 1. The van der Waals surface area contributed by atoms with E-state index in [2.05, 4.69) is 15.3 Å². The van der Waals surface area contributed by atoms with E-state index in [-0.39, 0.29) is 5.69 Å². The Morgan fingerprint density at radius 2 is 2.13 bits per heavy atom. The topological polar surface area (TPSA) is 113 Å². The molecule has 23 heavy (non-hydrogen) atoms. The zero-order valence-electron chi connectivity index (χ0n) is 12.5. The molecule has 8 nitrogen and oxygen atoms in total. The van der Waals surface area contributed by atoms with E-state index >= 15 is 0 Å². The molecule has 2 atom stereocenters. The number of rotatable bonds is 4. The highest BCUT2D eigenvalue weighted by molar-refractivity contribution is 5.96. The zero-order valence-corrected chi connectivity index (χ0v) is 12.5. The predicted octanol–water partition coefficient (Wildman–Crippen LogP) is 0.905. The van der Waals surface area contributed by atoms with E-state index in [1.807, 2.05) is 0 Å². The number of hydrogen-bond donors (Lipinski definition) is 3. The number of fused-ring (bicyclic) bond motifs is 1. The molecule has 1 aromatic carbocycles. The molecule has 0 radical (unpaired) electrons. The first kappa shape index (κ1) is 15.3. The van der Waals surface area contributed by atoms with Gasteiger partial charge in [0.2, 0.25) is 0 Å². The summed E-state index contributed by atoms with van der Waals surface area (Å²) in [4.78, 5) is 40.3. The van der Waals surface area contributed by atoms with Crippen LogP contribution in [0.2, 0.25) is 0 Å². The number of carbonyl (C=O) groups is 2. The molecule has 0 saturated carbocycles. The van der Waals surface area contributed by atoms with Crippen LogP contribution in [-0.2, 0) is 19.1 Å². The van der Waals surface area contributed by atoms with Gasteiger partial charge >= 0.3 is 11.7 Å². The lowest BCUT2D eigenvalue weighted by molar-refractivity contribution is -0.162. The fourth-order valence-electron chi connectivity index (χ4n) is 2.42. The van der Waals surface area contributed by atoms with E-state index in [9.17, 15) is 14.4 Å². The molecular formula is C15H17N3O5. The molecule has 1 fully saturated rings. The van der Waals surface area contributed by atoms with Gasteiger partial charge in [-0.2, -0.15) is 0 Å². The van der Waals surface area contributed by atoms with Gasteiger partial charge in [0.25, 0.3) is 5.91 Å². The van der Waals surface area contributed by atoms with E-state index in [1.165, 1.54) is 6.92 Å². The molecule has 1 saturated heterocycles. The zero-order chi connectivity index (χ0) is 16.4. The summed E-state index contributed by atoms with van der Waals surface area (Å²) in [6.45, 7) is 2.04. The van der Waals surface area contributed by atoms with Gasteiger partial charge in [0.1, 0.15) is 0 Å². The van der Waals surface area contributed by atoms with Crippen LogP contribution in [0.4, 0.5) is 5.69 Å². The summed E-state index contributed by atoms with van der Waals surface area (Å²) in [6, 6.07) is 4.95. The molecular weight excluding hydrogens is 302 g/mol. The van der Waals surface area contributed by atoms with Gasteiger partial charge in [0.15, 0.2) is 12.2 Å². The molecule has 8 heteroatoms. The Labute approximate surface area is 131 Å². The van der Waals surface area contributed by atoms with Gasteiger partial charge in [0.05, 0.1) is 11.0 Å². The first-order valence-electron chi connectivity index (χ1n) is 7.38. The number of hydrogen-bond acceptors (Lipinski definition) is 5. The number of aromatic amines is 2. The minimum absolute atomic E-state index is 0.317. The number of esters is 1. The predicted molar refractivity (Wildman–Crippen MR) is 82.1 cm³/mol. The third-order valence-corrected chi connectivity index (χ3v) is 3.64. The van der Waals surface area contributed by atoms with Crippen LogP contribution in [0.1, 0.15) is 19.8 Å². The first-order chi connectivity index (χ1) is 11.0. The van der Waals surface area contributed by atoms with E-state index in [0.717, 1.165) is 6.42 Å². The molecule has 1 amide bonds. The third-order valence-electron chi connectivity index (χ3n) is 3.64. The van der Waals surface area contributed by atoms with Crippen LogP contribution in [0, 0.1) is 0 Å². The summed E-state index contributed by atoms with van der Waals surface area (Å²) >= 11 is 0. The maximum Gasteiger partial charge on any atom is 0.336 e. The Balaban J connectivity index is 1.62. The van der Waals surface area contributed by atoms with Gasteiger partial charge in [0, 0.05) is 12.3 Å². The molecule has 1 aliphatic heterocycles. The Morgan fingerprint density at radius 3 is 2.87 bits per heavy atom. The van der Waals surface area contributed by atoms with Crippen molar-refractivity contribution >= 4 is 28.6 Å². The lowest BCUT2D eigenvalue weighted by atomic mass is 10.2. The Morgan fingerprint density at radius 1 is 1.35 bits per heavy atom. The summed E-state index contributed by atoms with van der Waals surface area (Å²) in [7, 11) is 0. The lowest BCUT2D eigenvalue weighted by Crippen LogP contribution is -2.33. The smallest absolute Gasteiger partial charge is 0.336 e. The van der Waals surface area contributed by atoms with Crippen molar-refractivity contribution in [2.75, 3.05) is 11.9 Å². The lowest BCUT2D eigenvalue weighted by Gasteiger charge is -2.16. The number of nitrogens with one attached hydrogen (secondary N) is 3. The standard InChI is InChI=1S/C15H17N3O5/c1-8(23-14(20)12-3-2-6-22-12)13(19)16-9-4-5-10-11(7-9)18-15(21)17-10/h4-5,7-8,12H,2-3,6H2,1H3,(H,16,19)(H2,17,18,21)/t8-,12-/m0/s1. The molecule has 1 aliphatic rings. The second kappa shape index (κ2) is 6.25. The number of imidazole rings is 1. The van der Waals surface area contributed by atoms with E-state index in [1.54, 1.807) is 18.2 Å². The Bertz CT molecular complexity index is 788. The van der Waals surface area contributed by atoms with Crippen LogP contribution < -0.4 is 11.0 Å². The maximum atomic E-state index is 12.1. The molecule has 3 N–H and O–H groups in total. The molecule has 2 heterocycles. The number of aromatic nitrogens is 2. The molecule has 3 rings (SSSR count). The fraction of sp³-hybridized carbons (Fsp3) is 0.400. The Hall–Kier alpha value is -2.61. The van der Waals surface area contributed by atoms with Gasteiger partial charge in [-0.15, -0.1) is 0 Å². The normalized spacial score (nSPS) is 18.7. The maximum absolute atomic E-state index is 12.1.